The molecule has 1 fully saturated rings. The average Bonchev–Trinajstić information content (AvgIpc) is 2.75. The fraction of sp³-hybridized carbons (Fsp3) is 0.500. The van der Waals surface area contributed by atoms with Crippen LogP contribution in [0.5, 0.6) is 5.75 Å². The molecule has 156 valence electrons. The zero-order valence-electron chi connectivity index (χ0n) is 17.8. The fourth-order valence-electron chi connectivity index (χ4n) is 4.29. The summed E-state index contributed by atoms with van der Waals surface area (Å²) in [6.45, 7) is 6.34. The second-order valence-corrected chi connectivity index (χ2v) is 7.98. The van der Waals surface area contributed by atoms with E-state index in [9.17, 15) is 4.79 Å². The van der Waals surface area contributed by atoms with Crippen molar-refractivity contribution >= 4 is 5.97 Å². The van der Waals surface area contributed by atoms with Gasteiger partial charge in [-0.1, -0.05) is 18.2 Å². The van der Waals surface area contributed by atoms with Gasteiger partial charge >= 0.3 is 5.97 Å². The molecule has 1 saturated heterocycles. The number of rotatable bonds is 8. The highest BCUT2D eigenvalue weighted by atomic mass is 16.5. The first-order chi connectivity index (χ1) is 14.1. The molecule has 0 saturated carbocycles. The zero-order chi connectivity index (χ0) is 20.7. The van der Waals surface area contributed by atoms with Crippen LogP contribution in [0.4, 0.5) is 0 Å². The van der Waals surface area contributed by atoms with Crippen LogP contribution < -0.4 is 4.74 Å². The van der Waals surface area contributed by atoms with Crippen molar-refractivity contribution in [3.05, 3.63) is 59.9 Å². The summed E-state index contributed by atoms with van der Waals surface area (Å²) >= 11 is 0. The van der Waals surface area contributed by atoms with Crippen LogP contribution in [0, 0.1) is 5.41 Å². The van der Waals surface area contributed by atoms with Gasteiger partial charge in [0, 0.05) is 18.4 Å². The quantitative estimate of drug-likeness (QED) is 0.633. The number of methoxy groups -OCH3 is 1. The molecule has 0 spiro atoms. The molecular formula is C24H32N2O3. The Morgan fingerprint density at radius 2 is 1.97 bits per heavy atom. The van der Waals surface area contributed by atoms with E-state index < -0.39 is 5.41 Å². The Balaban J connectivity index is 1.69. The van der Waals surface area contributed by atoms with Crippen LogP contribution in [0.15, 0.2) is 48.8 Å². The number of esters is 1. The maximum atomic E-state index is 13.0. The van der Waals surface area contributed by atoms with Gasteiger partial charge in [-0.15, -0.1) is 0 Å². The molecule has 0 amide bonds. The van der Waals surface area contributed by atoms with E-state index in [1.165, 1.54) is 5.56 Å². The highest BCUT2D eigenvalue weighted by Gasteiger charge is 2.43. The van der Waals surface area contributed by atoms with E-state index in [1.54, 1.807) is 13.3 Å². The number of pyridine rings is 1. The molecule has 3 rings (SSSR count). The van der Waals surface area contributed by atoms with Crippen molar-refractivity contribution in [3.63, 3.8) is 0 Å². The predicted molar refractivity (Wildman–Crippen MR) is 114 cm³/mol. The second kappa shape index (κ2) is 9.88. The summed E-state index contributed by atoms with van der Waals surface area (Å²) in [6.07, 6.45) is 7.01. The van der Waals surface area contributed by atoms with E-state index in [0.717, 1.165) is 43.7 Å². The minimum atomic E-state index is -0.465. The van der Waals surface area contributed by atoms with E-state index in [1.807, 2.05) is 37.4 Å². The summed E-state index contributed by atoms with van der Waals surface area (Å²) in [4.78, 5) is 19.7. The van der Waals surface area contributed by atoms with E-state index in [2.05, 4.69) is 28.9 Å². The number of benzene rings is 1. The summed E-state index contributed by atoms with van der Waals surface area (Å²) in [6, 6.07) is 12.5. The topological polar surface area (TPSA) is 51.7 Å². The van der Waals surface area contributed by atoms with Crippen LogP contribution in [0.2, 0.25) is 0 Å². The van der Waals surface area contributed by atoms with Crippen molar-refractivity contribution in [3.8, 4) is 5.75 Å². The number of likely N-dealkylation sites (tertiary alicyclic amines) is 1. The van der Waals surface area contributed by atoms with Gasteiger partial charge in [0.2, 0.25) is 0 Å². The Bertz CT molecular complexity index is 786. The van der Waals surface area contributed by atoms with E-state index in [4.69, 9.17) is 9.47 Å². The maximum absolute atomic E-state index is 13.0. The third-order valence-corrected chi connectivity index (χ3v) is 6.02. The number of carbonyl (C=O) groups is 1. The minimum Gasteiger partial charge on any atom is -0.497 e. The number of ether oxygens (including phenoxy) is 2. The molecule has 1 aliphatic heterocycles. The molecule has 2 heterocycles. The average molecular weight is 397 g/mol. The van der Waals surface area contributed by atoms with Gasteiger partial charge in [0.05, 0.1) is 19.1 Å². The number of piperidine rings is 1. The van der Waals surface area contributed by atoms with E-state index in [-0.39, 0.29) is 5.97 Å². The van der Waals surface area contributed by atoms with Crippen LogP contribution in [0.1, 0.15) is 37.8 Å². The summed E-state index contributed by atoms with van der Waals surface area (Å²) < 4.78 is 10.9. The molecule has 0 radical (unpaired) electrons. The summed E-state index contributed by atoms with van der Waals surface area (Å²) in [7, 11) is 1.67. The molecular weight excluding hydrogens is 364 g/mol. The van der Waals surface area contributed by atoms with Crippen LogP contribution in [-0.4, -0.2) is 48.7 Å². The predicted octanol–water partition coefficient (Wildman–Crippen LogP) is 3.91. The molecule has 0 unspecified atom stereocenters. The van der Waals surface area contributed by atoms with Gasteiger partial charge in [-0.25, -0.2) is 0 Å². The Morgan fingerprint density at radius 1 is 1.21 bits per heavy atom. The fourth-order valence-corrected chi connectivity index (χ4v) is 4.29. The van der Waals surface area contributed by atoms with Crippen LogP contribution in [-0.2, 0) is 22.4 Å². The Hall–Kier alpha value is -2.40. The lowest BCUT2D eigenvalue weighted by atomic mass is 9.73. The first-order valence-corrected chi connectivity index (χ1v) is 10.5. The lowest BCUT2D eigenvalue weighted by Crippen LogP contribution is -2.49. The first-order valence-electron chi connectivity index (χ1n) is 10.5. The molecule has 5 heteroatoms. The van der Waals surface area contributed by atoms with Gasteiger partial charge in [0.1, 0.15) is 5.75 Å². The molecule has 0 aliphatic carbocycles. The molecule has 0 bridgehead atoms. The third kappa shape index (κ3) is 5.36. The monoisotopic (exact) mass is 396 g/mol. The number of aromatic nitrogens is 1. The standard InChI is InChI=1S/C24H32N2O3/c1-4-29-23(27)24(17-20-7-5-9-22(16-20)28-3)10-13-26(14-11-24)19(2)15-21-8-6-12-25-18-21/h5-9,12,16,18-19H,4,10-11,13-15,17H2,1-3H3/t19-/m0/s1. The van der Waals surface area contributed by atoms with Gasteiger partial charge < -0.3 is 14.4 Å². The highest BCUT2D eigenvalue weighted by Crippen LogP contribution is 2.38. The molecule has 1 aromatic heterocycles. The third-order valence-electron chi connectivity index (χ3n) is 6.02. The molecule has 1 atom stereocenters. The molecule has 2 aromatic rings. The van der Waals surface area contributed by atoms with Gasteiger partial charge in [-0.2, -0.15) is 0 Å². The Morgan fingerprint density at radius 3 is 2.62 bits per heavy atom. The van der Waals surface area contributed by atoms with Gasteiger partial charge in [0.15, 0.2) is 0 Å². The number of carbonyl (C=O) groups excluding carboxylic acids is 1. The first kappa shape index (κ1) is 21.3. The van der Waals surface area contributed by atoms with E-state index >= 15 is 0 Å². The lowest BCUT2D eigenvalue weighted by molar-refractivity contribution is -0.159. The molecule has 1 aliphatic rings. The van der Waals surface area contributed by atoms with Crippen molar-refractivity contribution in [1.29, 1.82) is 0 Å². The van der Waals surface area contributed by atoms with Crippen molar-refractivity contribution in [2.24, 2.45) is 5.41 Å². The molecule has 5 nitrogen and oxygen atoms in total. The molecule has 29 heavy (non-hydrogen) atoms. The lowest BCUT2D eigenvalue weighted by Gasteiger charge is -2.42. The minimum absolute atomic E-state index is 0.0672. The number of nitrogens with zero attached hydrogens (tertiary/aromatic N) is 2. The Kier molecular flexibility index (Phi) is 7.26. The molecule has 1 aromatic carbocycles. The van der Waals surface area contributed by atoms with Gasteiger partial charge in [0.25, 0.3) is 0 Å². The van der Waals surface area contributed by atoms with Gasteiger partial charge in [-0.3, -0.25) is 9.78 Å². The van der Waals surface area contributed by atoms with Gasteiger partial charge in [-0.05, 0) is 81.9 Å². The summed E-state index contributed by atoms with van der Waals surface area (Å²) in [5.74, 6) is 0.756. The van der Waals surface area contributed by atoms with Crippen molar-refractivity contribution < 1.29 is 14.3 Å². The maximum Gasteiger partial charge on any atom is 0.312 e. The highest BCUT2D eigenvalue weighted by molar-refractivity contribution is 5.77. The smallest absolute Gasteiger partial charge is 0.312 e. The Labute approximate surface area is 174 Å². The van der Waals surface area contributed by atoms with Crippen molar-refractivity contribution in [2.45, 2.75) is 45.6 Å². The van der Waals surface area contributed by atoms with E-state index in [0.29, 0.717) is 19.1 Å². The normalized spacial score (nSPS) is 17.5. The summed E-state index contributed by atoms with van der Waals surface area (Å²) in [5.41, 5.74) is 1.90. The SMILES string of the molecule is CCOC(=O)C1(Cc2cccc(OC)c2)CCN([C@@H](C)Cc2cccnc2)CC1. The van der Waals surface area contributed by atoms with Crippen LogP contribution in [0.3, 0.4) is 0 Å². The second-order valence-electron chi connectivity index (χ2n) is 7.98. The van der Waals surface area contributed by atoms with Crippen molar-refractivity contribution in [2.75, 3.05) is 26.8 Å². The molecule has 0 N–H and O–H groups in total. The number of hydrogen-bond donors (Lipinski definition) is 0. The largest absolute Gasteiger partial charge is 0.497 e. The van der Waals surface area contributed by atoms with Crippen molar-refractivity contribution in [1.82, 2.24) is 9.88 Å². The van der Waals surface area contributed by atoms with Crippen LogP contribution >= 0.6 is 0 Å². The zero-order valence-corrected chi connectivity index (χ0v) is 17.8. The van der Waals surface area contributed by atoms with Crippen LogP contribution in [0.25, 0.3) is 0 Å². The summed E-state index contributed by atoms with van der Waals surface area (Å²) in [5, 5.41) is 0. The number of hydrogen-bond acceptors (Lipinski definition) is 5.